The summed E-state index contributed by atoms with van der Waals surface area (Å²) < 4.78 is 11.1. The minimum atomic E-state index is 0.353. The molecular weight excluding hydrogens is 248 g/mol. The lowest BCUT2D eigenvalue weighted by molar-refractivity contribution is 0.0925. The summed E-state index contributed by atoms with van der Waals surface area (Å²) in [6, 6.07) is 9.54. The number of thiophene rings is 1. The van der Waals surface area contributed by atoms with Crippen LogP contribution in [0.25, 0.3) is 11.1 Å². The number of anilines is 1. The maximum absolute atomic E-state index is 5.81. The first-order valence-electron chi connectivity index (χ1n) is 5.57. The van der Waals surface area contributed by atoms with Crippen molar-refractivity contribution in [3.63, 3.8) is 0 Å². The predicted octanol–water partition coefficient (Wildman–Crippen LogP) is 3.19. The number of aromatic nitrogens is 1. The van der Waals surface area contributed by atoms with Crippen molar-refractivity contribution in [3.8, 4) is 0 Å². The number of ether oxygens (including phenoxy) is 1. The minimum Gasteiger partial charge on any atom is -0.438 e. The average Bonchev–Trinajstić information content (AvgIpc) is 2.98. The van der Waals surface area contributed by atoms with E-state index < -0.39 is 0 Å². The molecule has 0 bridgehead atoms. The van der Waals surface area contributed by atoms with Crippen molar-refractivity contribution in [1.29, 1.82) is 0 Å². The Bertz CT molecular complexity index is 646. The number of nitrogen functional groups attached to an aromatic ring is 1. The van der Waals surface area contributed by atoms with E-state index >= 15 is 0 Å². The van der Waals surface area contributed by atoms with E-state index in [0.717, 1.165) is 0 Å². The van der Waals surface area contributed by atoms with Gasteiger partial charge in [0, 0.05) is 4.88 Å². The molecule has 0 radical (unpaired) electrons. The summed E-state index contributed by atoms with van der Waals surface area (Å²) in [6.07, 6.45) is 0. The molecule has 0 aliphatic rings. The number of hydrogen-bond donors (Lipinski definition) is 1. The summed E-state index contributed by atoms with van der Waals surface area (Å²) in [7, 11) is 0. The third-order valence-corrected chi connectivity index (χ3v) is 3.39. The molecular formula is C13H12N2O2S. The van der Waals surface area contributed by atoms with Gasteiger partial charge in [-0.1, -0.05) is 12.1 Å². The fraction of sp³-hybridized carbons (Fsp3) is 0.154. The summed E-state index contributed by atoms with van der Waals surface area (Å²) in [5.41, 5.74) is 7.84. The first-order chi connectivity index (χ1) is 8.83. The van der Waals surface area contributed by atoms with Crippen LogP contribution in [0.15, 0.2) is 40.1 Å². The molecule has 0 saturated carbocycles. The van der Waals surface area contributed by atoms with Crippen molar-refractivity contribution >= 4 is 28.1 Å². The van der Waals surface area contributed by atoms with Gasteiger partial charge in [-0.15, -0.1) is 11.3 Å². The Hall–Kier alpha value is -1.85. The second-order valence-corrected chi connectivity index (χ2v) is 4.91. The molecule has 18 heavy (non-hydrogen) atoms. The van der Waals surface area contributed by atoms with Crippen LogP contribution in [-0.4, -0.2) is 4.98 Å². The lowest BCUT2D eigenvalue weighted by atomic mass is 10.3. The summed E-state index contributed by atoms with van der Waals surface area (Å²) >= 11 is 1.67. The Kier molecular flexibility index (Phi) is 3.00. The summed E-state index contributed by atoms with van der Waals surface area (Å²) in [5.74, 6) is 0.555. The van der Waals surface area contributed by atoms with E-state index in [1.807, 2.05) is 29.6 Å². The van der Waals surface area contributed by atoms with Gasteiger partial charge in [0.25, 0.3) is 0 Å². The van der Waals surface area contributed by atoms with Crippen LogP contribution in [0.4, 0.5) is 5.69 Å². The van der Waals surface area contributed by atoms with Gasteiger partial charge in [-0.25, -0.2) is 4.98 Å². The molecule has 0 aliphatic heterocycles. The van der Waals surface area contributed by atoms with Gasteiger partial charge in [0.15, 0.2) is 5.58 Å². The number of nitrogens with zero attached hydrogens (tertiary/aromatic N) is 1. The maximum Gasteiger partial charge on any atom is 0.221 e. The van der Waals surface area contributed by atoms with Gasteiger partial charge in [-0.05, 0) is 23.6 Å². The largest absolute Gasteiger partial charge is 0.438 e. The summed E-state index contributed by atoms with van der Waals surface area (Å²) in [4.78, 5) is 5.50. The van der Waals surface area contributed by atoms with Crippen LogP contribution in [0.3, 0.4) is 0 Å². The number of fused-ring (bicyclic) bond motifs is 1. The highest BCUT2D eigenvalue weighted by Crippen LogP contribution is 2.21. The van der Waals surface area contributed by atoms with E-state index in [1.165, 1.54) is 4.88 Å². The number of rotatable bonds is 4. The predicted molar refractivity (Wildman–Crippen MR) is 71.2 cm³/mol. The fourth-order valence-corrected chi connectivity index (χ4v) is 2.35. The maximum atomic E-state index is 5.81. The fourth-order valence-electron chi connectivity index (χ4n) is 1.71. The topological polar surface area (TPSA) is 61.3 Å². The molecule has 0 aliphatic carbocycles. The van der Waals surface area contributed by atoms with E-state index in [2.05, 4.69) is 4.98 Å². The smallest absolute Gasteiger partial charge is 0.221 e. The number of nitrogens with two attached hydrogens (primary N) is 1. The van der Waals surface area contributed by atoms with Crippen LogP contribution in [0.2, 0.25) is 0 Å². The van der Waals surface area contributed by atoms with Crippen molar-refractivity contribution in [2.24, 2.45) is 0 Å². The molecule has 3 aromatic rings. The molecule has 0 saturated heterocycles. The zero-order valence-corrected chi connectivity index (χ0v) is 10.4. The van der Waals surface area contributed by atoms with Crippen LogP contribution in [0.5, 0.6) is 0 Å². The molecule has 4 nitrogen and oxygen atoms in total. The van der Waals surface area contributed by atoms with Gasteiger partial charge in [0.2, 0.25) is 5.89 Å². The Morgan fingerprint density at radius 2 is 2.17 bits per heavy atom. The molecule has 0 unspecified atom stereocenters. The lowest BCUT2D eigenvalue weighted by Gasteiger charge is -1.97. The lowest BCUT2D eigenvalue weighted by Crippen LogP contribution is -1.92. The van der Waals surface area contributed by atoms with Gasteiger partial charge in [0.1, 0.15) is 12.1 Å². The molecule has 0 atom stereocenters. The highest BCUT2D eigenvalue weighted by atomic mass is 32.1. The van der Waals surface area contributed by atoms with Crippen LogP contribution >= 0.6 is 11.3 Å². The molecule has 5 heteroatoms. The molecule has 3 rings (SSSR count). The van der Waals surface area contributed by atoms with Gasteiger partial charge in [0.05, 0.1) is 12.3 Å². The SMILES string of the molecule is Nc1cccc2oc(COCc3cccs3)nc12. The monoisotopic (exact) mass is 260 g/mol. The van der Waals surface area contributed by atoms with E-state index in [0.29, 0.717) is 35.9 Å². The normalized spacial score (nSPS) is 11.1. The standard InChI is InChI=1S/C13H12N2O2S/c14-10-4-1-5-11-13(10)15-12(17-11)8-16-7-9-3-2-6-18-9/h1-6H,7-8,14H2. The second-order valence-electron chi connectivity index (χ2n) is 3.87. The van der Waals surface area contributed by atoms with E-state index in [9.17, 15) is 0 Å². The van der Waals surface area contributed by atoms with Crippen molar-refractivity contribution < 1.29 is 9.15 Å². The summed E-state index contributed by atoms with van der Waals surface area (Å²) in [6.45, 7) is 0.928. The molecule has 2 aromatic heterocycles. The van der Waals surface area contributed by atoms with Crippen molar-refractivity contribution in [1.82, 2.24) is 4.98 Å². The van der Waals surface area contributed by atoms with Gasteiger partial charge < -0.3 is 14.9 Å². The van der Waals surface area contributed by atoms with E-state index in [-0.39, 0.29) is 0 Å². The first-order valence-corrected chi connectivity index (χ1v) is 6.45. The second kappa shape index (κ2) is 4.80. The highest BCUT2D eigenvalue weighted by Gasteiger charge is 2.08. The molecule has 2 heterocycles. The van der Waals surface area contributed by atoms with Gasteiger partial charge in [-0.2, -0.15) is 0 Å². The zero-order valence-electron chi connectivity index (χ0n) is 9.63. The Balaban J connectivity index is 1.69. The van der Waals surface area contributed by atoms with Gasteiger partial charge >= 0.3 is 0 Å². The minimum absolute atomic E-state index is 0.353. The van der Waals surface area contributed by atoms with Crippen LogP contribution in [0.1, 0.15) is 10.8 Å². The number of para-hydroxylation sites is 1. The molecule has 2 N–H and O–H groups in total. The quantitative estimate of drug-likeness (QED) is 0.732. The highest BCUT2D eigenvalue weighted by molar-refractivity contribution is 7.09. The Morgan fingerprint density at radius 1 is 1.22 bits per heavy atom. The van der Waals surface area contributed by atoms with E-state index in [4.69, 9.17) is 14.9 Å². The third kappa shape index (κ3) is 2.23. The molecule has 92 valence electrons. The van der Waals surface area contributed by atoms with E-state index in [1.54, 1.807) is 17.4 Å². The average molecular weight is 260 g/mol. The van der Waals surface area contributed by atoms with Gasteiger partial charge in [-0.3, -0.25) is 0 Å². The molecule has 0 amide bonds. The van der Waals surface area contributed by atoms with Crippen molar-refractivity contribution in [3.05, 3.63) is 46.5 Å². The molecule has 1 aromatic carbocycles. The number of oxazole rings is 1. The Labute approximate surface area is 108 Å². The molecule has 0 fully saturated rings. The van der Waals surface area contributed by atoms with Crippen LogP contribution < -0.4 is 5.73 Å². The zero-order chi connectivity index (χ0) is 12.4. The molecule has 0 spiro atoms. The van der Waals surface area contributed by atoms with Crippen molar-refractivity contribution in [2.45, 2.75) is 13.2 Å². The first kappa shape index (κ1) is 11.3. The summed E-state index contributed by atoms with van der Waals surface area (Å²) in [5, 5.41) is 2.03. The number of hydrogen-bond acceptors (Lipinski definition) is 5. The van der Waals surface area contributed by atoms with Crippen molar-refractivity contribution in [2.75, 3.05) is 5.73 Å². The van der Waals surface area contributed by atoms with Crippen LogP contribution in [-0.2, 0) is 18.0 Å². The number of benzene rings is 1. The van der Waals surface area contributed by atoms with Crippen LogP contribution in [0, 0.1) is 0 Å². The third-order valence-electron chi connectivity index (χ3n) is 2.54. The Morgan fingerprint density at radius 3 is 2.94 bits per heavy atom.